The molecular formula is C15H25N3O3. The van der Waals surface area contributed by atoms with Gasteiger partial charge < -0.3 is 24.6 Å². The Morgan fingerprint density at radius 1 is 1.52 bits per heavy atom. The second-order valence-electron chi connectivity index (χ2n) is 6.07. The van der Waals surface area contributed by atoms with Crippen LogP contribution in [0.2, 0.25) is 0 Å². The minimum Gasteiger partial charge on any atom is -0.466 e. The van der Waals surface area contributed by atoms with Gasteiger partial charge in [0.05, 0.1) is 6.26 Å². The van der Waals surface area contributed by atoms with Crippen LogP contribution >= 0.6 is 0 Å². The number of hydrogen-bond acceptors (Lipinski definition) is 4. The van der Waals surface area contributed by atoms with Gasteiger partial charge in [0.15, 0.2) is 0 Å². The molecule has 0 spiro atoms. The van der Waals surface area contributed by atoms with Crippen molar-refractivity contribution in [3.63, 3.8) is 0 Å². The van der Waals surface area contributed by atoms with Gasteiger partial charge in [0.1, 0.15) is 11.4 Å². The van der Waals surface area contributed by atoms with Crippen LogP contribution in [0.3, 0.4) is 0 Å². The molecule has 1 aliphatic rings. The summed E-state index contributed by atoms with van der Waals surface area (Å²) < 4.78 is 5.26. The molecule has 1 aromatic rings. The lowest BCUT2D eigenvalue weighted by atomic mass is 10.0. The van der Waals surface area contributed by atoms with Gasteiger partial charge in [0.25, 0.3) is 0 Å². The van der Waals surface area contributed by atoms with Crippen LogP contribution in [-0.2, 0) is 5.60 Å². The van der Waals surface area contributed by atoms with Crippen LogP contribution in [0.4, 0.5) is 4.79 Å². The number of piperidine rings is 1. The van der Waals surface area contributed by atoms with Crippen molar-refractivity contribution < 1.29 is 14.3 Å². The van der Waals surface area contributed by atoms with Crippen LogP contribution in [0.5, 0.6) is 0 Å². The molecule has 21 heavy (non-hydrogen) atoms. The van der Waals surface area contributed by atoms with E-state index in [-0.39, 0.29) is 6.03 Å². The van der Waals surface area contributed by atoms with Crippen molar-refractivity contribution in [1.29, 1.82) is 0 Å². The zero-order valence-electron chi connectivity index (χ0n) is 13.0. The number of amides is 2. The van der Waals surface area contributed by atoms with E-state index in [2.05, 4.69) is 5.32 Å². The predicted molar refractivity (Wildman–Crippen MR) is 80.0 cm³/mol. The Morgan fingerprint density at radius 2 is 2.19 bits per heavy atom. The number of furan rings is 1. The van der Waals surface area contributed by atoms with Gasteiger partial charge in [-0.3, -0.25) is 0 Å². The number of hydrogen-bond donors (Lipinski definition) is 2. The number of carbonyl (C=O) groups is 1. The highest BCUT2D eigenvalue weighted by Crippen LogP contribution is 2.21. The third-order valence-electron chi connectivity index (χ3n) is 3.94. The number of nitrogens with one attached hydrogen (secondary N) is 1. The first-order valence-corrected chi connectivity index (χ1v) is 7.36. The monoisotopic (exact) mass is 295 g/mol. The summed E-state index contributed by atoms with van der Waals surface area (Å²) in [5, 5.41) is 13.8. The van der Waals surface area contributed by atoms with E-state index in [4.69, 9.17) is 4.42 Å². The number of rotatable bonds is 4. The van der Waals surface area contributed by atoms with Crippen molar-refractivity contribution in [1.82, 2.24) is 15.1 Å². The Bertz CT molecular complexity index is 449. The van der Waals surface area contributed by atoms with Gasteiger partial charge in [-0.1, -0.05) is 0 Å². The molecule has 1 unspecified atom stereocenters. The summed E-state index contributed by atoms with van der Waals surface area (Å²) in [5.74, 6) is 0.565. The third-order valence-corrected chi connectivity index (χ3v) is 3.94. The molecule has 0 aliphatic carbocycles. The highest BCUT2D eigenvalue weighted by atomic mass is 16.4. The van der Waals surface area contributed by atoms with Crippen molar-refractivity contribution in [2.45, 2.75) is 31.4 Å². The van der Waals surface area contributed by atoms with E-state index in [0.717, 1.165) is 25.9 Å². The minimum atomic E-state index is -1.01. The summed E-state index contributed by atoms with van der Waals surface area (Å²) in [5.41, 5.74) is -1.01. The zero-order valence-corrected chi connectivity index (χ0v) is 13.0. The van der Waals surface area contributed by atoms with Crippen LogP contribution < -0.4 is 5.32 Å². The largest absolute Gasteiger partial charge is 0.466 e. The average Bonchev–Trinajstić information content (AvgIpc) is 3.00. The number of likely N-dealkylation sites (tertiary alicyclic amines) is 1. The molecule has 0 saturated carbocycles. The minimum absolute atomic E-state index is 0.0658. The van der Waals surface area contributed by atoms with Crippen LogP contribution in [-0.4, -0.2) is 60.7 Å². The molecule has 2 N–H and O–H groups in total. The van der Waals surface area contributed by atoms with Crippen molar-refractivity contribution >= 4 is 6.03 Å². The second kappa shape index (κ2) is 6.49. The first-order chi connectivity index (χ1) is 9.90. The summed E-state index contributed by atoms with van der Waals surface area (Å²) in [4.78, 5) is 15.3. The van der Waals surface area contributed by atoms with E-state index in [1.54, 1.807) is 44.3 Å². The Hall–Kier alpha value is -1.53. The van der Waals surface area contributed by atoms with Gasteiger partial charge in [0, 0.05) is 39.8 Å². The van der Waals surface area contributed by atoms with E-state index >= 15 is 0 Å². The topological polar surface area (TPSA) is 69.0 Å². The summed E-state index contributed by atoms with van der Waals surface area (Å²) in [7, 11) is 3.54. The molecular weight excluding hydrogens is 270 g/mol. The Morgan fingerprint density at radius 3 is 2.71 bits per heavy atom. The summed E-state index contributed by atoms with van der Waals surface area (Å²) >= 11 is 0. The average molecular weight is 295 g/mol. The molecule has 0 aromatic carbocycles. The molecule has 1 atom stereocenters. The Balaban J connectivity index is 1.78. The predicted octanol–water partition coefficient (Wildman–Crippen LogP) is 1.22. The first kappa shape index (κ1) is 15.9. The van der Waals surface area contributed by atoms with Crippen molar-refractivity contribution in [3.8, 4) is 0 Å². The van der Waals surface area contributed by atoms with E-state index in [1.165, 1.54) is 0 Å². The zero-order chi connectivity index (χ0) is 15.5. The van der Waals surface area contributed by atoms with Gasteiger partial charge in [-0.25, -0.2) is 4.79 Å². The fourth-order valence-corrected chi connectivity index (χ4v) is 2.57. The fraction of sp³-hybridized carbons (Fsp3) is 0.667. The van der Waals surface area contributed by atoms with Crippen LogP contribution in [0, 0.1) is 0 Å². The highest BCUT2D eigenvalue weighted by Gasteiger charge is 2.29. The number of nitrogens with zero attached hydrogens (tertiary/aromatic N) is 2. The van der Waals surface area contributed by atoms with Gasteiger partial charge >= 0.3 is 6.03 Å². The van der Waals surface area contributed by atoms with Gasteiger partial charge in [0.2, 0.25) is 0 Å². The molecule has 2 rings (SSSR count). The molecule has 1 saturated heterocycles. The Labute approximate surface area is 125 Å². The van der Waals surface area contributed by atoms with Gasteiger partial charge in [-0.05, 0) is 31.9 Å². The van der Waals surface area contributed by atoms with E-state index in [9.17, 15) is 9.90 Å². The normalized spacial score (nSPS) is 19.3. The summed E-state index contributed by atoms with van der Waals surface area (Å²) in [6.45, 7) is 3.67. The quantitative estimate of drug-likeness (QED) is 0.876. The standard InChI is InChI=1S/C15H25N3O3/c1-15(20,13-5-4-10-21-13)11-16-12-6-8-18(9-7-12)14(19)17(2)3/h4-5,10,12,16,20H,6-9,11H2,1-3H3. The molecule has 0 radical (unpaired) electrons. The SMILES string of the molecule is CN(C)C(=O)N1CCC(NCC(C)(O)c2ccco2)CC1. The van der Waals surface area contributed by atoms with Crippen LogP contribution in [0.1, 0.15) is 25.5 Å². The smallest absolute Gasteiger partial charge is 0.319 e. The third kappa shape index (κ3) is 3.98. The molecule has 1 aliphatic heterocycles. The van der Waals surface area contributed by atoms with Gasteiger partial charge in [-0.15, -0.1) is 0 Å². The maximum atomic E-state index is 11.9. The number of carbonyl (C=O) groups excluding carboxylic acids is 1. The van der Waals surface area contributed by atoms with Crippen molar-refractivity contribution in [3.05, 3.63) is 24.2 Å². The summed E-state index contributed by atoms with van der Waals surface area (Å²) in [6, 6.07) is 3.93. The van der Waals surface area contributed by atoms with Crippen molar-refractivity contribution in [2.75, 3.05) is 33.7 Å². The molecule has 2 heterocycles. The first-order valence-electron chi connectivity index (χ1n) is 7.36. The molecule has 1 fully saturated rings. The molecule has 6 heteroatoms. The fourth-order valence-electron chi connectivity index (χ4n) is 2.57. The molecule has 0 bridgehead atoms. The Kier molecular flexibility index (Phi) is 4.90. The van der Waals surface area contributed by atoms with E-state index < -0.39 is 5.60 Å². The maximum absolute atomic E-state index is 11.9. The van der Waals surface area contributed by atoms with Crippen LogP contribution in [0.15, 0.2) is 22.8 Å². The van der Waals surface area contributed by atoms with Crippen LogP contribution in [0.25, 0.3) is 0 Å². The molecule has 118 valence electrons. The summed E-state index contributed by atoms with van der Waals surface area (Å²) in [6.07, 6.45) is 3.36. The molecule has 2 amide bonds. The number of urea groups is 1. The van der Waals surface area contributed by atoms with E-state index in [1.807, 2.05) is 4.90 Å². The van der Waals surface area contributed by atoms with Crippen molar-refractivity contribution in [2.24, 2.45) is 0 Å². The lowest BCUT2D eigenvalue weighted by Crippen LogP contribution is -2.50. The lowest BCUT2D eigenvalue weighted by Gasteiger charge is -2.35. The van der Waals surface area contributed by atoms with Gasteiger partial charge in [-0.2, -0.15) is 0 Å². The molecule has 1 aromatic heterocycles. The second-order valence-corrected chi connectivity index (χ2v) is 6.07. The maximum Gasteiger partial charge on any atom is 0.319 e. The highest BCUT2D eigenvalue weighted by molar-refractivity contribution is 5.73. The lowest BCUT2D eigenvalue weighted by molar-refractivity contribution is 0.0292. The molecule has 6 nitrogen and oxygen atoms in total. The number of aliphatic hydroxyl groups is 1. The van der Waals surface area contributed by atoms with E-state index in [0.29, 0.717) is 18.3 Å².